The van der Waals surface area contributed by atoms with Crippen molar-refractivity contribution in [3.8, 4) is 17.0 Å². The van der Waals surface area contributed by atoms with Crippen molar-refractivity contribution in [1.82, 2.24) is 4.57 Å². The molecule has 2 aromatic heterocycles. The summed E-state index contributed by atoms with van der Waals surface area (Å²) in [5.41, 5.74) is 3.82. The summed E-state index contributed by atoms with van der Waals surface area (Å²) in [6, 6.07) is 21.1. The summed E-state index contributed by atoms with van der Waals surface area (Å²) in [7, 11) is 2.02. The Hall–Kier alpha value is -3.44. The number of carbonyl (C=O) groups is 2. The molecule has 0 unspecified atom stereocenters. The Balaban J connectivity index is 1.56. The van der Waals surface area contributed by atoms with Gasteiger partial charge >= 0.3 is 5.97 Å². The zero-order chi connectivity index (χ0) is 19.3. The van der Waals surface area contributed by atoms with Crippen LogP contribution in [-0.2, 0) is 11.8 Å². The van der Waals surface area contributed by atoms with Crippen LogP contribution in [-0.4, -0.2) is 16.3 Å². The first kappa shape index (κ1) is 16.7. The van der Waals surface area contributed by atoms with Gasteiger partial charge in [-0.3, -0.25) is 4.79 Å². The molecule has 3 heterocycles. The van der Waals surface area contributed by atoms with Crippen LogP contribution in [0.15, 0.2) is 72.3 Å². The Kier molecular flexibility index (Phi) is 3.77. The van der Waals surface area contributed by atoms with Crippen molar-refractivity contribution in [2.45, 2.75) is 0 Å². The molecule has 0 atom stereocenters. The zero-order valence-electron chi connectivity index (χ0n) is 15.0. The monoisotopic (exact) mass is 385 g/mol. The van der Waals surface area contributed by atoms with Crippen molar-refractivity contribution in [2.24, 2.45) is 7.05 Å². The zero-order valence-corrected chi connectivity index (χ0v) is 15.8. The minimum absolute atomic E-state index is 0.0635. The smallest absolute Gasteiger partial charge is 0.347 e. The van der Waals surface area contributed by atoms with Crippen LogP contribution >= 0.6 is 11.3 Å². The van der Waals surface area contributed by atoms with Crippen LogP contribution < -0.4 is 4.74 Å². The van der Waals surface area contributed by atoms with E-state index in [0.29, 0.717) is 11.3 Å². The van der Waals surface area contributed by atoms with Crippen LogP contribution in [0.1, 0.15) is 15.2 Å². The summed E-state index contributed by atoms with van der Waals surface area (Å²) in [5, 5.41) is 0. The van der Waals surface area contributed by atoms with E-state index in [1.807, 2.05) is 31.3 Å². The second kappa shape index (κ2) is 6.32. The number of aryl methyl sites for hydroxylation is 1. The van der Waals surface area contributed by atoms with Crippen LogP contribution in [0.4, 0.5) is 0 Å². The second-order valence-electron chi connectivity index (χ2n) is 6.63. The summed E-state index contributed by atoms with van der Waals surface area (Å²) in [6.45, 7) is 0. The van der Waals surface area contributed by atoms with Crippen LogP contribution in [0.3, 0.4) is 0 Å². The van der Waals surface area contributed by atoms with Crippen LogP contribution in [0.2, 0.25) is 0 Å². The molecule has 4 nitrogen and oxygen atoms in total. The molecule has 0 saturated carbocycles. The number of hydrogen-bond acceptors (Lipinski definition) is 4. The molecule has 2 aromatic carbocycles. The van der Waals surface area contributed by atoms with Crippen molar-refractivity contribution < 1.29 is 14.3 Å². The number of para-hydroxylation sites is 1. The minimum Gasteiger partial charge on any atom is -0.422 e. The molecule has 0 spiro atoms. The standard InChI is InChI=1S/C23H15NO3S/c1-24-18(14-7-3-2-4-8-14)13-21-19(24)12-15(28-21)11-17-22(25)16-9-5-6-10-20(16)27-23(17)26/h2-13H,1H3/b17-11-. The van der Waals surface area contributed by atoms with Crippen LogP contribution in [0, 0.1) is 0 Å². The second-order valence-corrected chi connectivity index (χ2v) is 7.74. The highest BCUT2D eigenvalue weighted by atomic mass is 32.1. The molecule has 0 N–H and O–H groups in total. The normalized spacial score (nSPS) is 15.1. The molecule has 0 aliphatic carbocycles. The Morgan fingerprint density at radius 3 is 2.50 bits per heavy atom. The highest BCUT2D eigenvalue weighted by molar-refractivity contribution is 7.19. The van der Waals surface area contributed by atoms with Gasteiger partial charge in [-0.25, -0.2) is 4.79 Å². The van der Waals surface area contributed by atoms with Crippen LogP contribution in [0.25, 0.3) is 27.6 Å². The summed E-state index contributed by atoms with van der Waals surface area (Å²) in [6.07, 6.45) is 1.63. The Morgan fingerprint density at radius 2 is 1.71 bits per heavy atom. The molecular formula is C23H15NO3S. The lowest BCUT2D eigenvalue weighted by atomic mass is 9.99. The number of aromatic nitrogens is 1. The maximum atomic E-state index is 12.7. The number of ether oxygens (including phenoxy) is 1. The van der Waals surface area contributed by atoms with E-state index in [-0.39, 0.29) is 11.4 Å². The number of rotatable bonds is 2. The predicted octanol–water partition coefficient (Wildman–Crippen LogP) is 5.09. The molecular weight excluding hydrogens is 370 g/mol. The lowest BCUT2D eigenvalue weighted by Gasteiger charge is -2.16. The highest BCUT2D eigenvalue weighted by Crippen LogP contribution is 2.35. The van der Waals surface area contributed by atoms with E-state index in [0.717, 1.165) is 26.4 Å². The number of ketones is 1. The number of benzene rings is 2. The lowest BCUT2D eigenvalue weighted by Crippen LogP contribution is -2.24. The molecule has 0 saturated heterocycles. The summed E-state index contributed by atoms with van der Waals surface area (Å²) < 4.78 is 8.54. The Bertz CT molecular complexity index is 1280. The largest absolute Gasteiger partial charge is 0.422 e. The maximum Gasteiger partial charge on any atom is 0.347 e. The van der Waals surface area contributed by atoms with Gasteiger partial charge in [0, 0.05) is 17.6 Å². The third kappa shape index (κ3) is 2.60. The average molecular weight is 385 g/mol. The molecule has 0 fully saturated rings. The van der Waals surface area contributed by atoms with E-state index in [9.17, 15) is 9.59 Å². The number of Topliss-reactive ketones (excluding diaryl/α,β-unsaturated/α-hetero) is 1. The van der Waals surface area contributed by atoms with Crippen molar-refractivity contribution in [1.29, 1.82) is 0 Å². The first-order chi connectivity index (χ1) is 13.6. The predicted molar refractivity (Wildman–Crippen MR) is 111 cm³/mol. The van der Waals surface area contributed by atoms with Gasteiger partial charge in [0.15, 0.2) is 0 Å². The van der Waals surface area contributed by atoms with Crippen molar-refractivity contribution >= 4 is 39.4 Å². The average Bonchev–Trinajstić information content (AvgIpc) is 3.24. The highest BCUT2D eigenvalue weighted by Gasteiger charge is 2.30. The molecule has 1 aliphatic rings. The van der Waals surface area contributed by atoms with Gasteiger partial charge in [0.25, 0.3) is 0 Å². The number of fused-ring (bicyclic) bond motifs is 2. The van der Waals surface area contributed by atoms with E-state index in [4.69, 9.17) is 4.74 Å². The number of carbonyl (C=O) groups excluding carboxylic acids is 2. The van der Waals surface area contributed by atoms with Gasteiger partial charge in [-0.1, -0.05) is 42.5 Å². The van der Waals surface area contributed by atoms with Crippen molar-refractivity contribution in [3.05, 3.63) is 82.7 Å². The Labute approximate surface area is 165 Å². The fourth-order valence-electron chi connectivity index (χ4n) is 3.49. The van der Waals surface area contributed by atoms with Gasteiger partial charge < -0.3 is 9.30 Å². The molecule has 0 amide bonds. The van der Waals surface area contributed by atoms with Gasteiger partial charge in [0.2, 0.25) is 5.78 Å². The van der Waals surface area contributed by atoms with Gasteiger partial charge in [-0.15, -0.1) is 11.3 Å². The number of thiophene rings is 1. The maximum absolute atomic E-state index is 12.7. The first-order valence-electron chi connectivity index (χ1n) is 8.84. The number of hydrogen-bond donors (Lipinski definition) is 0. The molecule has 1 aliphatic heterocycles. The molecule has 0 bridgehead atoms. The van der Waals surface area contributed by atoms with Gasteiger partial charge in [-0.2, -0.15) is 0 Å². The molecule has 4 aromatic rings. The summed E-state index contributed by atoms with van der Waals surface area (Å²) in [4.78, 5) is 25.9. The number of nitrogens with zero attached hydrogens (tertiary/aromatic N) is 1. The van der Waals surface area contributed by atoms with Gasteiger partial charge in [0.05, 0.1) is 15.8 Å². The number of esters is 1. The van der Waals surface area contributed by atoms with Crippen molar-refractivity contribution in [3.63, 3.8) is 0 Å². The lowest BCUT2D eigenvalue weighted by molar-refractivity contribution is -0.130. The third-order valence-corrected chi connectivity index (χ3v) is 5.92. The third-order valence-electron chi connectivity index (χ3n) is 4.90. The molecule has 5 heteroatoms. The Morgan fingerprint density at radius 1 is 0.964 bits per heavy atom. The van der Waals surface area contributed by atoms with Crippen LogP contribution in [0.5, 0.6) is 5.75 Å². The SMILES string of the molecule is Cn1c(-c2ccccc2)cc2sc(/C=C3\C(=O)Oc4ccccc4C3=O)cc21. The first-order valence-corrected chi connectivity index (χ1v) is 9.66. The van der Waals surface area contributed by atoms with E-state index in [2.05, 4.69) is 22.8 Å². The van der Waals surface area contributed by atoms with Gasteiger partial charge in [0.1, 0.15) is 11.3 Å². The van der Waals surface area contributed by atoms with Crippen molar-refractivity contribution in [2.75, 3.05) is 0 Å². The topological polar surface area (TPSA) is 48.3 Å². The van der Waals surface area contributed by atoms with E-state index in [1.54, 1.807) is 41.7 Å². The fraction of sp³-hybridized carbons (Fsp3) is 0.0435. The summed E-state index contributed by atoms with van der Waals surface area (Å²) >= 11 is 1.55. The fourth-order valence-corrected chi connectivity index (χ4v) is 4.56. The molecule has 28 heavy (non-hydrogen) atoms. The van der Waals surface area contributed by atoms with E-state index < -0.39 is 5.97 Å². The van der Waals surface area contributed by atoms with E-state index in [1.165, 1.54) is 0 Å². The summed E-state index contributed by atoms with van der Waals surface area (Å²) in [5.74, 6) is -0.584. The molecule has 136 valence electrons. The quantitative estimate of drug-likeness (QED) is 0.209. The molecule has 0 radical (unpaired) electrons. The molecule has 5 rings (SSSR count). The minimum atomic E-state index is -0.605. The van der Waals surface area contributed by atoms with Gasteiger partial charge in [-0.05, 0) is 35.9 Å². The van der Waals surface area contributed by atoms with E-state index >= 15 is 0 Å².